The van der Waals surface area contributed by atoms with Crippen molar-refractivity contribution in [3.05, 3.63) is 47.0 Å². The van der Waals surface area contributed by atoms with E-state index in [2.05, 4.69) is 17.2 Å². The second-order valence-electron chi connectivity index (χ2n) is 7.54. The first kappa shape index (κ1) is 21.7. The number of piperidine rings is 1. The number of hydrogen-bond acceptors (Lipinski definition) is 5. The molecule has 3 rings (SSSR count). The lowest BCUT2D eigenvalue weighted by Gasteiger charge is -2.29. The molecule has 1 unspecified atom stereocenters. The predicted octanol–water partition coefficient (Wildman–Crippen LogP) is 1.44. The van der Waals surface area contributed by atoms with Gasteiger partial charge in [-0.25, -0.2) is 0 Å². The van der Waals surface area contributed by atoms with Crippen molar-refractivity contribution in [2.75, 3.05) is 13.2 Å². The van der Waals surface area contributed by atoms with Crippen molar-refractivity contribution < 1.29 is 23.9 Å². The predicted molar refractivity (Wildman–Crippen MR) is 109 cm³/mol. The lowest BCUT2D eigenvalue weighted by molar-refractivity contribution is -0.137. The molecular formula is C22H27N3O5. The molecule has 0 radical (unpaired) electrons. The van der Waals surface area contributed by atoms with Crippen LogP contribution in [-0.2, 0) is 32.2 Å². The molecule has 1 aromatic rings. The van der Waals surface area contributed by atoms with E-state index in [1.54, 1.807) is 12.1 Å². The van der Waals surface area contributed by atoms with E-state index >= 15 is 0 Å². The summed E-state index contributed by atoms with van der Waals surface area (Å²) in [5.74, 6) is -1.18. The molecule has 1 atom stereocenters. The maximum atomic E-state index is 12.7. The molecule has 0 aromatic heterocycles. The molecule has 0 spiro atoms. The molecule has 1 saturated heterocycles. The lowest BCUT2D eigenvalue weighted by atomic mass is 10.0. The Labute approximate surface area is 175 Å². The van der Waals surface area contributed by atoms with Gasteiger partial charge in [-0.05, 0) is 30.0 Å². The van der Waals surface area contributed by atoms with Crippen LogP contribution in [0, 0.1) is 0 Å². The average molecular weight is 413 g/mol. The van der Waals surface area contributed by atoms with Crippen LogP contribution in [-0.4, -0.2) is 47.8 Å². The van der Waals surface area contributed by atoms with E-state index in [1.165, 1.54) is 4.90 Å². The van der Waals surface area contributed by atoms with Crippen LogP contribution in [0.2, 0.25) is 0 Å². The summed E-state index contributed by atoms with van der Waals surface area (Å²) in [6, 6.07) is 4.74. The Bertz CT molecular complexity index is 880. The van der Waals surface area contributed by atoms with Crippen molar-refractivity contribution in [3.63, 3.8) is 0 Å². The van der Waals surface area contributed by atoms with E-state index in [0.717, 1.165) is 17.5 Å². The van der Waals surface area contributed by atoms with Gasteiger partial charge in [0.05, 0.1) is 6.61 Å². The number of rotatable bonds is 9. The highest BCUT2D eigenvalue weighted by molar-refractivity contribution is 6.05. The number of nitrogens with zero attached hydrogens (tertiary/aromatic N) is 1. The fraction of sp³-hybridized carbons (Fsp3) is 0.455. The molecule has 0 aliphatic carbocycles. The van der Waals surface area contributed by atoms with Gasteiger partial charge in [0.15, 0.2) is 0 Å². The summed E-state index contributed by atoms with van der Waals surface area (Å²) in [6.45, 7) is 7.58. The number of carbonyl (C=O) groups is 4. The maximum absolute atomic E-state index is 12.7. The van der Waals surface area contributed by atoms with Crippen molar-refractivity contribution >= 4 is 23.6 Å². The number of carbonyl (C=O) groups excluding carboxylic acids is 4. The summed E-state index contributed by atoms with van der Waals surface area (Å²) >= 11 is 0. The van der Waals surface area contributed by atoms with Crippen molar-refractivity contribution in [2.24, 2.45) is 0 Å². The van der Waals surface area contributed by atoms with E-state index in [1.807, 2.05) is 13.0 Å². The van der Waals surface area contributed by atoms with Crippen molar-refractivity contribution in [1.29, 1.82) is 0 Å². The molecule has 160 valence electrons. The Kier molecular flexibility index (Phi) is 6.99. The summed E-state index contributed by atoms with van der Waals surface area (Å²) in [4.78, 5) is 49.9. The number of ether oxygens (including phenoxy) is 1. The van der Waals surface area contributed by atoms with Crippen LogP contribution in [0.3, 0.4) is 0 Å². The minimum absolute atomic E-state index is 0.212. The Morgan fingerprint density at radius 2 is 2.10 bits per heavy atom. The first-order valence-electron chi connectivity index (χ1n) is 10.2. The first-order chi connectivity index (χ1) is 14.4. The van der Waals surface area contributed by atoms with Gasteiger partial charge in [0.25, 0.3) is 5.91 Å². The zero-order valence-electron chi connectivity index (χ0n) is 17.2. The normalized spacial score (nSPS) is 18.2. The molecule has 1 fully saturated rings. The highest BCUT2D eigenvalue weighted by Gasteiger charge is 2.39. The molecule has 4 amide bonds. The van der Waals surface area contributed by atoms with Gasteiger partial charge in [0.2, 0.25) is 17.7 Å². The Morgan fingerprint density at radius 1 is 1.30 bits per heavy atom. The van der Waals surface area contributed by atoms with Crippen LogP contribution in [0.25, 0.3) is 0 Å². The smallest absolute Gasteiger partial charge is 0.255 e. The standard InChI is InChI=1S/C22H27N3O5/c1-3-9-30-10-8-14(2)20(27)23-12-15-4-5-17-16(11-15)13-25(22(17)29)18-6-7-19(26)24-21(18)28/h4-5,11,18H,2-3,6-10,12-13H2,1H3,(H,23,27)(H,24,26,28). The van der Waals surface area contributed by atoms with Crippen LogP contribution in [0.1, 0.15) is 54.1 Å². The summed E-state index contributed by atoms with van der Waals surface area (Å²) < 4.78 is 5.38. The molecular weight excluding hydrogens is 386 g/mol. The quantitative estimate of drug-likeness (QED) is 0.362. The van der Waals surface area contributed by atoms with Crippen molar-refractivity contribution in [2.45, 2.75) is 51.7 Å². The molecule has 2 aliphatic heterocycles. The van der Waals surface area contributed by atoms with Gasteiger partial charge in [-0.1, -0.05) is 25.6 Å². The molecule has 1 aromatic carbocycles. The third kappa shape index (κ3) is 4.94. The fourth-order valence-corrected chi connectivity index (χ4v) is 3.60. The van der Waals surface area contributed by atoms with Gasteiger partial charge >= 0.3 is 0 Å². The molecule has 2 heterocycles. The highest BCUT2D eigenvalue weighted by Crippen LogP contribution is 2.28. The number of fused-ring (bicyclic) bond motifs is 1. The van der Waals surface area contributed by atoms with Crippen LogP contribution >= 0.6 is 0 Å². The average Bonchev–Trinajstić information content (AvgIpc) is 3.05. The molecule has 8 nitrogen and oxygen atoms in total. The second-order valence-corrected chi connectivity index (χ2v) is 7.54. The van der Waals surface area contributed by atoms with Crippen molar-refractivity contribution in [1.82, 2.24) is 15.5 Å². The second kappa shape index (κ2) is 9.67. The number of hydrogen-bond donors (Lipinski definition) is 2. The molecule has 2 aliphatic rings. The van der Waals surface area contributed by atoms with Crippen LogP contribution < -0.4 is 10.6 Å². The number of nitrogens with one attached hydrogen (secondary N) is 2. The van der Waals surface area contributed by atoms with E-state index in [9.17, 15) is 19.2 Å². The van der Waals surface area contributed by atoms with Gasteiger partial charge in [-0.2, -0.15) is 0 Å². The highest BCUT2D eigenvalue weighted by atomic mass is 16.5. The minimum atomic E-state index is -0.635. The first-order valence-corrected chi connectivity index (χ1v) is 10.2. The van der Waals surface area contributed by atoms with Gasteiger partial charge in [0.1, 0.15) is 6.04 Å². The number of benzene rings is 1. The third-order valence-corrected chi connectivity index (χ3v) is 5.26. The van der Waals surface area contributed by atoms with Crippen LogP contribution in [0.4, 0.5) is 0 Å². The van der Waals surface area contributed by atoms with E-state index < -0.39 is 11.9 Å². The van der Waals surface area contributed by atoms with E-state index in [4.69, 9.17) is 4.74 Å². The van der Waals surface area contributed by atoms with Gasteiger partial charge in [-0.15, -0.1) is 0 Å². The number of imide groups is 1. The Balaban J connectivity index is 1.56. The minimum Gasteiger partial charge on any atom is -0.381 e. The molecule has 30 heavy (non-hydrogen) atoms. The summed E-state index contributed by atoms with van der Waals surface area (Å²) in [5, 5.41) is 5.13. The number of amides is 4. The van der Waals surface area contributed by atoms with Gasteiger partial charge in [-0.3, -0.25) is 24.5 Å². The molecule has 0 bridgehead atoms. The Morgan fingerprint density at radius 3 is 2.83 bits per heavy atom. The maximum Gasteiger partial charge on any atom is 0.255 e. The summed E-state index contributed by atoms with van der Waals surface area (Å²) in [5.41, 5.74) is 2.68. The zero-order valence-corrected chi connectivity index (χ0v) is 17.2. The van der Waals surface area contributed by atoms with Gasteiger partial charge < -0.3 is 15.0 Å². The summed E-state index contributed by atoms with van der Waals surface area (Å²) in [7, 11) is 0. The SMILES string of the molecule is C=C(CCOCCC)C(=O)NCc1ccc2c(c1)CN(C1CCC(=O)NC1=O)C2=O. The van der Waals surface area contributed by atoms with Crippen molar-refractivity contribution in [3.8, 4) is 0 Å². The third-order valence-electron chi connectivity index (χ3n) is 5.26. The van der Waals surface area contributed by atoms with Crippen LogP contribution in [0.5, 0.6) is 0 Å². The fourth-order valence-electron chi connectivity index (χ4n) is 3.60. The van der Waals surface area contributed by atoms with E-state index in [-0.39, 0.29) is 24.1 Å². The molecule has 2 N–H and O–H groups in total. The Hall–Kier alpha value is -3.00. The molecule has 0 saturated carbocycles. The zero-order chi connectivity index (χ0) is 21.7. The van der Waals surface area contributed by atoms with Crippen LogP contribution in [0.15, 0.2) is 30.4 Å². The topological polar surface area (TPSA) is 105 Å². The lowest BCUT2D eigenvalue weighted by Crippen LogP contribution is -2.52. The monoisotopic (exact) mass is 413 g/mol. The summed E-state index contributed by atoms with van der Waals surface area (Å²) in [6.07, 6.45) is 1.96. The van der Waals surface area contributed by atoms with Gasteiger partial charge in [0, 0.05) is 43.7 Å². The largest absolute Gasteiger partial charge is 0.381 e. The molecule has 8 heteroatoms. The van der Waals surface area contributed by atoms with E-state index in [0.29, 0.717) is 50.3 Å².